The average molecular weight is 333 g/mol. The highest BCUT2D eigenvalue weighted by Gasteiger charge is 2.42. The van der Waals surface area contributed by atoms with E-state index in [1.165, 1.54) is 5.56 Å². The summed E-state index contributed by atoms with van der Waals surface area (Å²) in [5, 5.41) is 39.9. The van der Waals surface area contributed by atoms with Gasteiger partial charge in [-0.1, -0.05) is 12.1 Å². The van der Waals surface area contributed by atoms with E-state index in [1.807, 2.05) is 24.3 Å². The molecule has 2 heterocycles. The van der Waals surface area contributed by atoms with Crippen molar-refractivity contribution in [3.8, 4) is 0 Å². The van der Waals surface area contributed by atoms with Crippen LogP contribution in [0.3, 0.4) is 0 Å². The highest BCUT2D eigenvalue weighted by atomic mass is 16.5. The van der Waals surface area contributed by atoms with Crippen molar-refractivity contribution in [3.63, 3.8) is 0 Å². The van der Waals surface area contributed by atoms with Gasteiger partial charge in [0.25, 0.3) is 0 Å². The normalized spacial score (nSPS) is 30.6. The number of ether oxygens (including phenoxy) is 1. The number of benzene rings is 1. The third-order valence-electron chi connectivity index (χ3n) is 4.61. The molecule has 0 bridgehead atoms. The van der Waals surface area contributed by atoms with E-state index in [1.54, 1.807) is 6.20 Å². The quantitative estimate of drug-likeness (QED) is 0.632. The molecule has 2 aromatic rings. The number of nitrogens with zero attached hydrogens (tertiary/aromatic N) is 1. The fourth-order valence-electron chi connectivity index (χ4n) is 3.21. The molecule has 3 rings (SSSR count). The van der Waals surface area contributed by atoms with Crippen LogP contribution < -0.4 is 0 Å². The molecule has 1 aliphatic rings. The molecule has 1 aromatic carbocycles. The Kier molecular flexibility index (Phi) is 5.43. The van der Waals surface area contributed by atoms with Crippen molar-refractivity contribution < 1.29 is 25.2 Å². The van der Waals surface area contributed by atoms with Gasteiger partial charge < -0.3 is 25.2 Å². The van der Waals surface area contributed by atoms with Crippen LogP contribution in [0.2, 0.25) is 0 Å². The summed E-state index contributed by atoms with van der Waals surface area (Å²) in [6.07, 6.45) is -1.31. The van der Waals surface area contributed by atoms with Gasteiger partial charge in [-0.15, -0.1) is 0 Å². The minimum absolute atomic E-state index is 0.390. The zero-order valence-electron chi connectivity index (χ0n) is 13.3. The summed E-state index contributed by atoms with van der Waals surface area (Å²) in [7, 11) is 0. The second-order valence-electron chi connectivity index (χ2n) is 6.29. The summed E-state index contributed by atoms with van der Waals surface area (Å²) in [5.74, 6) is 0. The average Bonchev–Trinajstić information content (AvgIpc) is 2.61. The molecule has 6 heteroatoms. The summed E-state index contributed by atoms with van der Waals surface area (Å²) < 4.78 is 5.52. The van der Waals surface area contributed by atoms with E-state index in [0.29, 0.717) is 6.42 Å². The SMILES string of the molecule is OC[C@H]1O[C@H](CCCc2ccc3ncccc3c2)[C@@H](O)[C@@H](O)[C@@H]1O. The first-order valence-electron chi connectivity index (χ1n) is 8.24. The predicted octanol–water partition coefficient (Wildman–Crippen LogP) is 0.400. The van der Waals surface area contributed by atoms with Crippen LogP contribution in [-0.4, -0.2) is 62.5 Å². The standard InChI is InChI=1S/C18H23NO5/c20-10-15-17(22)18(23)16(21)14(24-15)5-1-3-11-6-7-13-12(9-11)4-2-8-19-13/h2,4,6-9,14-18,20-23H,1,3,5,10H2/t14-,15-,16-,17-,18-/m1/s1. The Hall–Kier alpha value is -1.57. The Morgan fingerprint density at radius 3 is 2.58 bits per heavy atom. The largest absolute Gasteiger partial charge is 0.394 e. The number of aryl methyl sites for hydroxylation is 1. The first-order chi connectivity index (χ1) is 11.6. The summed E-state index contributed by atoms with van der Waals surface area (Å²) in [5.41, 5.74) is 2.12. The Labute approximate surface area is 140 Å². The number of hydrogen-bond acceptors (Lipinski definition) is 6. The van der Waals surface area contributed by atoms with Gasteiger partial charge in [0.1, 0.15) is 24.4 Å². The van der Waals surface area contributed by atoms with Crippen molar-refractivity contribution in [2.75, 3.05) is 6.61 Å². The van der Waals surface area contributed by atoms with Gasteiger partial charge in [-0.05, 0) is 43.0 Å². The molecule has 130 valence electrons. The molecule has 1 fully saturated rings. The van der Waals surface area contributed by atoms with Crippen molar-refractivity contribution in [1.82, 2.24) is 4.98 Å². The second kappa shape index (κ2) is 7.55. The van der Waals surface area contributed by atoms with E-state index in [4.69, 9.17) is 4.74 Å². The zero-order chi connectivity index (χ0) is 17.1. The monoisotopic (exact) mass is 333 g/mol. The number of rotatable bonds is 5. The van der Waals surface area contributed by atoms with Gasteiger partial charge in [0.05, 0.1) is 18.2 Å². The molecule has 0 aliphatic carbocycles. The number of aromatic nitrogens is 1. The molecule has 0 radical (unpaired) electrons. The van der Waals surface area contributed by atoms with Crippen molar-refractivity contribution in [1.29, 1.82) is 0 Å². The summed E-state index contributed by atoms with van der Waals surface area (Å²) in [6, 6.07) is 10.0. The molecule has 6 nitrogen and oxygen atoms in total. The van der Waals surface area contributed by atoms with E-state index >= 15 is 0 Å². The first kappa shape index (κ1) is 17.3. The lowest BCUT2D eigenvalue weighted by Gasteiger charge is -2.40. The molecule has 1 saturated heterocycles. The van der Waals surface area contributed by atoms with Gasteiger partial charge in [0.15, 0.2) is 0 Å². The van der Waals surface area contributed by atoms with Gasteiger partial charge in [-0.3, -0.25) is 4.98 Å². The lowest BCUT2D eigenvalue weighted by molar-refractivity contribution is -0.230. The third kappa shape index (κ3) is 3.58. The summed E-state index contributed by atoms with van der Waals surface area (Å²) in [6.45, 7) is -0.390. The summed E-state index contributed by atoms with van der Waals surface area (Å²) >= 11 is 0. The predicted molar refractivity (Wildman–Crippen MR) is 88.4 cm³/mol. The van der Waals surface area contributed by atoms with Crippen LogP contribution in [0, 0.1) is 0 Å². The lowest BCUT2D eigenvalue weighted by Crippen LogP contribution is -2.58. The topological polar surface area (TPSA) is 103 Å². The maximum atomic E-state index is 10.0. The van der Waals surface area contributed by atoms with Crippen LogP contribution in [-0.2, 0) is 11.2 Å². The van der Waals surface area contributed by atoms with Crippen molar-refractivity contribution >= 4 is 10.9 Å². The van der Waals surface area contributed by atoms with E-state index in [9.17, 15) is 20.4 Å². The van der Waals surface area contributed by atoms with Crippen LogP contribution in [0.1, 0.15) is 18.4 Å². The third-order valence-corrected chi connectivity index (χ3v) is 4.61. The van der Waals surface area contributed by atoms with Crippen LogP contribution >= 0.6 is 0 Å². The number of fused-ring (bicyclic) bond motifs is 1. The second-order valence-corrected chi connectivity index (χ2v) is 6.29. The smallest absolute Gasteiger partial charge is 0.111 e. The lowest BCUT2D eigenvalue weighted by atomic mass is 9.92. The number of pyridine rings is 1. The molecule has 0 unspecified atom stereocenters. The van der Waals surface area contributed by atoms with E-state index in [2.05, 4.69) is 11.1 Å². The molecule has 4 N–H and O–H groups in total. The van der Waals surface area contributed by atoms with Crippen molar-refractivity contribution in [3.05, 3.63) is 42.1 Å². The van der Waals surface area contributed by atoms with Gasteiger partial charge in [0.2, 0.25) is 0 Å². The molecule has 0 amide bonds. The highest BCUT2D eigenvalue weighted by molar-refractivity contribution is 5.78. The van der Waals surface area contributed by atoms with Crippen LogP contribution in [0.15, 0.2) is 36.5 Å². The maximum absolute atomic E-state index is 10.0. The van der Waals surface area contributed by atoms with Crippen molar-refractivity contribution in [2.45, 2.75) is 49.8 Å². The molecular formula is C18H23NO5. The zero-order valence-corrected chi connectivity index (χ0v) is 13.3. The molecule has 1 aliphatic heterocycles. The van der Waals surface area contributed by atoms with Crippen molar-refractivity contribution in [2.24, 2.45) is 0 Å². The Bertz CT molecular complexity index is 677. The number of hydrogen-bond donors (Lipinski definition) is 4. The van der Waals surface area contributed by atoms with Crippen LogP contribution in [0.5, 0.6) is 0 Å². The van der Waals surface area contributed by atoms with Gasteiger partial charge in [0, 0.05) is 11.6 Å². The van der Waals surface area contributed by atoms with E-state index < -0.39 is 30.5 Å². The van der Waals surface area contributed by atoms with Crippen LogP contribution in [0.25, 0.3) is 10.9 Å². The minimum Gasteiger partial charge on any atom is -0.394 e. The highest BCUT2D eigenvalue weighted by Crippen LogP contribution is 2.25. The van der Waals surface area contributed by atoms with Gasteiger partial charge in [-0.2, -0.15) is 0 Å². The molecule has 5 atom stereocenters. The fraction of sp³-hybridized carbons (Fsp3) is 0.500. The molecule has 0 saturated carbocycles. The molecule has 0 spiro atoms. The van der Waals surface area contributed by atoms with E-state index in [0.717, 1.165) is 23.7 Å². The van der Waals surface area contributed by atoms with Crippen LogP contribution in [0.4, 0.5) is 0 Å². The van der Waals surface area contributed by atoms with E-state index in [-0.39, 0.29) is 6.61 Å². The fourth-order valence-corrected chi connectivity index (χ4v) is 3.21. The Morgan fingerprint density at radius 1 is 1.00 bits per heavy atom. The number of aliphatic hydroxyl groups is 4. The molecule has 24 heavy (non-hydrogen) atoms. The maximum Gasteiger partial charge on any atom is 0.111 e. The summed E-state index contributed by atoms with van der Waals surface area (Å²) in [4.78, 5) is 4.29. The molecular weight excluding hydrogens is 310 g/mol. The Morgan fingerprint density at radius 2 is 1.79 bits per heavy atom. The first-order valence-corrected chi connectivity index (χ1v) is 8.24. The number of aliphatic hydroxyl groups excluding tert-OH is 4. The van der Waals surface area contributed by atoms with Gasteiger partial charge in [-0.25, -0.2) is 0 Å². The molecule has 1 aromatic heterocycles. The Balaban J connectivity index is 1.58. The minimum atomic E-state index is -1.30. The van der Waals surface area contributed by atoms with Gasteiger partial charge >= 0.3 is 0 Å².